The predicted octanol–water partition coefficient (Wildman–Crippen LogP) is 4.76. The van der Waals surface area contributed by atoms with Crippen LogP contribution >= 0.6 is 8.46 Å². The molecular weight excluding hydrogens is 419 g/mol. The molecule has 0 bridgehead atoms. The Morgan fingerprint density at radius 1 is 0.625 bits per heavy atom. The number of nitrogens with two attached hydrogens (primary N) is 2. The molecule has 0 aliphatic heterocycles. The average molecular weight is 452 g/mol. The highest BCUT2D eigenvalue weighted by molar-refractivity contribution is 7.34. The van der Waals surface area contributed by atoms with Gasteiger partial charge in [0.1, 0.15) is 0 Å². The number of carbonyl (C=O) groups is 2. The van der Waals surface area contributed by atoms with Crippen molar-refractivity contribution in [2.45, 2.75) is 41.5 Å². The topological polar surface area (TPSA) is 103 Å². The summed E-state index contributed by atoms with van der Waals surface area (Å²) < 4.78 is 10.2. The molecule has 32 heavy (non-hydrogen) atoms. The Kier molecular flexibility index (Phi) is 10.5. The second-order valence-electron chi connectivity index (χ2n) is 7.74. The van der Waals surface area contributed by atoms with Gasteiger partial charge < -0.3 is 11.5 Å². The van der Waals surface area contributed by atoms with E-state index in [2.05, 4.69) is 0 Å². The minimum atomic E-state index is -0.343. The van der Waals surface area contributed by atoms with Crippen molar-refractivity contribution in [3.05, 3.63) is 99.1 Å². The maximum atomic E-state index is 11.0. The Balaban J connectivity index is 0.000000245. The molecular formula is C26H32N2O3P+. The maximum Gasteiger partial charge on any atom is 0.363 e. The van der Waals surface area contributed by atoms with Crippen LogP contribution in [0.2, 0.25) is 0 Å². The van der Waals surface area contributed by atoms with Crippen LogP contribution in [0.15, 0.2) is 54.6 Å². The van der Waals surface area contributed by atoms with Crippen molar-refractivity contribution in [1.82, 2.24) is 0 Å². The van der Waals surface area contributed by atoms with Gasteiger partial charge in [-0.25, -0.2) is 0 Å². The lowest BCUT2D eigenvalue weighted by atomic mass is 10.00. The highest BCUT2D eigenvalue weighted by Gasteiger charge is 2.09. The van der Waals surface area contributed by atoms with Gasteiger partial charge >= 0.3 is 8.46 Å². The van der Waals surface area contributed by atoms with Crippen molar-refractivity contribution in [1.29, 1.82) is 0 Å². The quantitative estimate of drug-likeness (QED) is 0.561. The van der Waals surface area contributed by atoms with Crippen LogP contribution in [0.4, 0.5) is 0 Å². The standard InChI is InChI=1S/2C10H13NO.C6H5OP/c2*1-6-4-7(2)9(10(11)12)8(3)5-6;7-8-6-4-2-1-3-5-6/h2*4-5H,1-3H3,(H2,11,12);1-5H/p+1. The Hall–Kier alpha value is -3.30. The van der Waals surface area contributed by atoms with Gasteiger partial charge in [-0.05, 0) is 75.9 Å². The fraction of sp³-hybridized carbons (Fsp3) is 0.231. The molecule has 0 saturated carbocycles. The van der Waals surface area contributed by atoms with Crippen LogP contribution in [0, 0.1) is 41.5 Å². The van der Waals surface area contributed by atoms with Gasteiger partial charge in [0.05, 0.1) is 0 Å². The summed E-state index contributed by atoms with van der Waals surface area (Å²) in [5, 5.41) is 0.882. The molecule has 168 valence electrons. The zero-order chi connectivity index (χ0) is 24.4. The number of aryl methyl sites for hydroxylation is 6. The lowest BCUT2D eigenvalue weighted by Gasteiger charge is -2.06. The molecule has 0 aromatic heterocycles. The molecule has 0 aliphatic rings. The molecule has 1 unspecified atom stereocenters. The van der Waals surface area contributed by atoms with Crippen molar-refractivity contribution in [2.24, 2.45) is 11.5 Å². The molecule has 0 heterocycles. The van der Waals surface area contributed by atoms with Crippen LogP contribution in [-0.2, 0) is 4.57 Å². The number of benzene rings is 3. The molecule has 3 aromatic carbocycles. The Morgan fingerprint density at radius 2 is 0.938 bits per heavy atom. The second-order valence-corrected chi connectivity index (χ2v) is 8.53. The fourth-order valence-electron chi connectivity index (χ4n) is 3.64. The first-order valence-corrected chi connectivity index (χ1v) is 11.1. The third kappa shape index (κ3) is 8.09. The van der Waals surface area contributed by atoms with E-state index in [4.69, 9.17) is 11.5 Å². The van der Waals surface area contributed by atoms with Crippen molar-refractivity contribution >= 4 is 25.6 Å². The predicted molar refractivity (Wildman–Crippen MR) is 133 cm³/mol. The molecule has 2 amide bonds. The molecule has 0 fully saturated rings. The molecule has 0 radical (unpaired) electrons. The monoisotopic (exact) mass is 451 g/mol. The van der Waals surface area contributed by atoms with E-state index in [0.29, 0.717) is 11.1 Å². The summed E-state index contributed by atoms with van der Waals surface area (Å²) in [7, 11) is -0.320. The Labute approximate surface area is 192 Å². The lowest BCUT2D eigenvalue weighted by molar-refractivity contribution is 0.0990. The summed E-state index contributed by atoms with van der Waals surface area (Å²) in [6.45, 7) is 11.6. The fourth-order valence-corrected chi connectivity index (χ4v) is 3.97. The molecule has 0 aliphatic carbocycles. The number of primary amides is 2. The molecule has 0 saturated heterocycles. The Bertz CT molecular complexity index is 996. The van der Waals surface area contributed by atoms with E-state index < -0.39 is 0 Å². The highest BCUT2D eigenvalue weighted by atomic mass is 31.1. The van der Waals surface area contributed by atoms with E-state index in [1.54, 1.807) is 0 Å². The lowest BCUT2D eigenvalue weighted by Crippen LogP contribution is -2.14. The summed E-state index contributed by atoms with van der Waals surface area (Å²) >= 11 is 0. The van der Waals surface area contributed by atoms with Crippen LogP contribution in [-0.4, -0.2) is 11.8 Å². The van der Waals surface area contributed by atoms with Crippen molar-refractivity contribution in [3.63, 3.8) is 0 Å². The zero-order valence-electron chi connectivity index (χ0n) is 19.6. The van der Waals surface area contributed by atoms with E-state index >= 15 is 0 Å². The third-order valence-electron chi connectivity index (χ3n) is 4.74. The first-order valence-electron chi connectivity index (χ1n) is 10.2. The van der Waals surface area contributed by atoms with E-state index in [-0.39, 0.29) is 20.3 Å². The minimum Gasteiger partial charge on any atom is -0.366 e. The smallest absolute Gasteiger partial charge is 0.363 e. The van der Waals surface area contributed by atoms with Crippen molar-refractivity contribution < 1.29 is 14.2 Å². The van der Waals surface area contributed by atoms with Gasteiger partial charge in [0.2, 0.25) is 11.8 Å². The van der Waals surface area contributed by atoms with Gasteiger partial charge in [-0.15, -0.1) is 0 Å². The second kappa shape index (κ2) is 12.5. The average Bonchev–Trinajstić information content (AvgIpc) is 2.67. The van der Waals surface area contributed by atoms with Crippen LogP contribution in [0.1, 0.15) is 54.1 Å². The summed E-state index contributed by atoms with van der Waals surface area (Å²) in [5.74, 6) is -0.685. The highest BCUT2D eigenvalue weighted by Crippen LogP contribution is 2.16. The van der Waals surface area contributed by atoms with Gasteiger partial charge in [-0.2, -0.15) is 0 Å². The molecule has 5 nitrogen and oxygen atoms in total. The molecule has 6 heteroatoms. The number of carbonyl (C=O) groups excluding carboxylic acids is 2. The number of rotatable bonds is 3. The number of hydrogen-bond acceptors (Lipinski definition) is 3. The van der Waals surface area contributed by atoms with Crippen LogP contribution in [0.3, 0.4) is 0 Å². The number of hydrogen-bond donors (Lipinski definition) is 2. The van der Waals surface area contributed by atoms with Gasteiger partial charge in [-0.3, -0.25) is 9.59 Å². The van der Waals surface area contributed by atoms with Gasteiger partial charge in [-0.1, -0.05) is 58.2 Å². The normalized spacial score (nSPS) is 9.81. The first kappa shape index (κ1) is 26.7. The van der Waals surface area contributed by atoms with Gasteiger partial charge in [0.15, 0.2) is 5.30 Å². The number of amides is 2. The van der Waals surface area contributed by atoms with E-state index in [9.17, 15) is 14.2 Å². The SMILES string of the molecule is Cc1cc(C)c(C(N)=O)c(C)c1.Cc1cc(C)c(C(N)=O)c(C)c1.O=[PH+]c1ccccc1. The largest absolute Gasteiger partial charge is 0.366 e. The van der Waals surface area contributed by atoms with Gasteiger partial charge in [0.25, 0.3) is 0 Å². The van der Waals surface area contributed by atoms with E-state index in [1.165, 1.54) is 0 Å². The zero-order valence-corrected chi connectivity index (χ0v) is 20.6. The summed E-state index contributed by atoms with van der Waals surface area (Å²) in [6.07, 6.45) is 0. The molecule has 3 rings (SSSR count). The molecule has 0 spiro atoms. The summed E-state index contributed by atoms with van der Waals surface area (Å²) in [4.78, 5) is 22.0. The maximum absolute atomic E-state index is 11.0. The van der Waals surface area contributed by atoms with Crippen molar-refractivity contribution in [3.8, 4) is 0 Å². The first-order chi connectivity index (χ1) is 15.0. The third-order valence-corrected chi connectivity index (χ3v) is 5.31. The van der Waals surface area contributed by atoms with Gasteiger partial charge in [0, 0.05) is 11.1 Å². The van der Waals surface area contributed by atoms with E-state index in [0.717, 1.165) is 38.7 Å². The van der Waals surface area contributed by atoms with Crippen LogP contribution < -0.4 is 16.8 Å². The van der Waals surface area contributed by atoms with Crippen LogP contribution in [0.25, 0.3) is 0 Å². The Morgan fingerprint density at radius 3 is 1.16 bits per heavy atom. The summed E-state index contributed by atoms with van der Waals surface area (Å²) in [5.41, 5.74) is 17.9. The molecule has 3 aromatic rings. The molecule has 4 N–H and O–H groups in total. The van der Waals surface area contributed by atoms with Crippen LogP contribution in [0.5, 0.6) is 0 Å². The molecule has 1 atom stereocenters. The van der Waals surface area contributed by atoms with E-state index in [1.807, 2.05) is 96.1 Å². The van der Waals surface area contributed by atoms with Crippen molar-refractivity contribution in [2.75, 3.05) is 0 Å². The minimum absolute atomic E-state index is 0.320. The summed E-state index contributed by atoms with van der Waals surface area (Å²) in [6, 6.07) is 17.2.